The first-order valence-corrected chi connectivity index (χ1v) is 4.28. The highest BCUT2D eigenvalue weighted by Gasteiger charge is 2.14. The molecule has 0 amide bonds. The largest absolute Gasteiger partial charge is 0.619 e. The number of aliphatic carboxylic acids is 1. The Balaban J connectivity index is 2.82. The first-order chi connectivity index (χ1) is 7.00. The smallest absolute Gasteiger partial charge is 0.332 e. The van der Waals surface area contributed by atoms with Crippen molar-refractivity contribution in [2.45, 2.75) is 12.5 Å². The molecule has 0 fully saturated rings. The first-order valence-electron chi connectivity index (χ1n) is 4.28. The van der Waals surface area contributed by atoms with Gasteiger partial charge < -0.3 is 15.4 Å². The average molecular weight is 209 g/mol. The van der Waals surface area contributed by atoms with Gasteiger partial charge >= 0.3 is 5.97 Å². The maximum absolute atomic E-state index is 10.8. The van der Waals surface area contributed by atoms with Crippen LogP contribution >= 0.6 is 0 Å². The minimum atomic E-state index is -1.45. The zero-order valence-corrected chi connectivity index (χ0v) is 7.96. The van der Waals surface area contributed by atoms with Gasteiger partial charge in [-0.3, -0.25) is 0 Å². The second kappa shape index (κ2) is 4.56. The van der Waals surface area contributed by atoms with Crippen molar-refractivity contribution in [2.75, 3.05) is 0 Å². The third-order valence-corrected chi connectivity index (χ3v) is 1.91. The monoisotopic (exact) mass is 209 g/mol. The summed E-state index contributed by atoms with van der Waals surface area (Å²) >= 11 is 0. The van der Waals surface area contributed by atoms with E-state index in [1.807, 2.05) is 0 Å². The van der Waals surface area contributed by atoms with E-state index >= 15 is 0 Å². The molecule has 0 bridgehead atoms. The minimum absolute atomic E-state index is 0.0307. The molecule has 1 aromatic rings. The number of aliphatic hydroxyl groups excluding tert-OH is 1. The summed E-state index contributed by atoms with van der Waals surface area (Å²) in [5, 5.41) is 28.4. The number of carboxylic acid groups (broad SMARTS) is 1. The lowest BCUT2D eigenvalue weighted by Crippen LogP contribution is -2.21. The van der Waals surface area contributed by atoms with E-state index in [0.29, 0.717) is 16.0 Å². The predicted molar refractivity (Wildman–Crippen MR) is 54.2 cm³/mol. The zero-order valence-electron chi connectivity index (χ0n) is 7.96. The first kappa shape index (κ1) is 11.2. The molecule has 0 saturated heterocycles. The number of hydrogen-bond acceptors (Lipinski definition) is 3. The van der Waals surface area contributed by atoms with Crippen molar-refractivity contribution in [2.24, 2.45) is 0 Å². The summed E-state index contributed by atoms with van der Waals surface area (Å²) in [5.41, 5.74) is 0.900. The van der Waals surface area contributed by atoms with Gasteiger partial charge in [-0.05, 0) is 5.56 Å². The highest BCUT2D eigenvalue weighted by Crippen LogP contribution is 2.14. The van der Waals surface area contributed by atoms with Gasteiger partial charge in [0.2, 0.25) is 5.69 Å². The summed E-state index contributed by atoms with van der Waals surface area (Å²) in [6.45, 7) is 3.16. The summed E-state index contributed by atoms with van der Waals surface area (Å²) in [5.74, 6) is -1.28. The normalized spacial score (nSPS) is 12.1. The number of aliphatic hydroxyl groups is 1. The van der Waals surface area contributed by atoms with Crippen molar-refractivity contribution in [3.63, 3.8) is 0 Å². The number of carbonyl (C=O) groups is 1. The zero-order chi connectivity index (χ0) is 11.4. The molecule has 15 heavy (non-hydrogen) atoms. The highest BCUT2D eigenvalue weighted by atomic mass is 16.5. The molecule has 80 valence electrons. The molecular weight excluding hydrogens is 198 g/mol. The molecular formula is C10H11NO4. The molecule has 0 aliphatic rings. The van der Waals surface area contributed by atoms with E-state index < -0.39 is 12.1 Å². The van der Waals surface area contributed by atoms with E-state index in [9.17, 15) is 10.0 Å². The van der Waals surface area contributed by atoms with Crippen LogP contribution in [0.25, 0.3) is 0 Å². The van der Waals surface area contributed by atoms with Crippen LogP contribution in [-0.2, 0) is 11.2 Å². The van der Waals surface area contributed by atoms with Crippen LogP contribution in [0.5, 0.6) is 0 Å². The molecule has 1 unspecified atom stereocenters. The predicted octanol–water partition coefficient (Wildman–Crippen LogP) is 0.517. The second-order valence-electron chi connectivity index (χ2n) is 3.11. The summed E-state index contributed by atoms with van der Waals surface area (Å²) in [7, 11) is 0. The molecule has 0 heterocycles. The summed E-state index contributed by atoms with van der Waals surface area (Å²) in [6.07, 6.45) is -1.48. The van der Waals surface area contributed by atoms with E-state index in [4.69, 9.17) is 10.2 Å². The third-order valence-electron chi connectivity index (χ3n) is 1.91. The van der Waals surface area contributed by atoms with Crippen molar-refractivity contribution in [3.8, 4) is 0 Å². The molecule has 0 spiro atoms. The van der Waals surface area contributed by atoms with Crippen LogP contribution < -0.4 is 0 Å². The van der Waals surface area contributed by atoms with Gasteiger partial charge in [-0.1, -0.05) is 12.1 Å². The van der Waals surface area contributed by atoms with Crippen LogP contribution in [0.15, 0.2) is 24.3 Å². The Labute approximate surface area is 86.5 Å². The highest BCUT2D eigenvalue weighted by molar-refractivity contribution is 5.72. The van der Waals surface area contributed by atoms with E-state index in [2.05, 4.69) is 6.72 Å². The molecule has 1 rings (SSSR count). The minimum Gasteiger partial charge on any atom is -0.619 e. The molecule has 2 N–H and O–H groups in total. The van der Waals surface area contributed by atoms with E-state index in [1.54, 1.807) is 18.2 Å². The molecule has 0 aliphatic carbocycles. The van der Waals surface area contributed by atoms with Gasteiger partial charge in [0.05, 0.1) is 0 Å². The molecule has 0 radical (unpaired) electrons. The van der Waals surface area contributed by atoms with Gasteiger partial charge in [0.25, 0.3) is 0 Å². The Kier molecular flexibility index (Phi) is 3.41. The van der Waals surface area contributed by atoms with Crippen molar-refractivity contribution in [1.82, 2.24) is 0 Å². The van der Waals surface area contributed by atoms with Crippen molar-refractivity contribution >= 4 is 18.4 Å². The maximum Gasteiger partial charge on any atom is 0.332 e. The van der Waals surface area contributed by atoms with Gasteiger partial charge in [-0.25, -0.2) is 4.79 Å². The van der Waals surface area contributed by atoms with Crippen molar-refractivity contribution < 1.29 is 19.7 Å². The van der Waals surface area contributed by atoms with Gasteiger partial charge in [0, 0.05) is 18.6 Å². The molecule has 5 nitrogen and oxygen atoms in total. The summed E-state index contributed by atoms with van der Waals surface area (Å²) < 4.78 is 0.427. The molecule has 0 saturated carbocycles. The fourth-order valence-electron chi connectivity index (χ4n) is 1.15. The number of nitrogens with zero attached hydrogens (tertiary/aromatic N) is 1. The quantitative estimate of drug-likeness (QED) is 0.327. The Bertz CT molecular complexity index is 389. The van der Waals surface area contributed by atoms with Crippen molar-refractivity contribution in [3.05, 3.63) is 35.0 Å². The maximum atomic E-state index is 10.8. The Hall–Kier alpha value is -1.88. The number of hydrogen-bond donors (Lipinski definition) is 2. The number of rotatable bonds is 4. The topological polar surface area (TPSA) is 83.6 Å². The van der Waals surface area contributed by atoms with Crippen LogP contribution in [0.1, 0.15) is 5.56 Å². The molecule has 5 heteroatoms. The van der Waals surface area contributed by atoms with E-state index in [1.165, 1.54) is 6.07 Å². The number of carboxylic acids is 1. The van der Waals surface area contributed by atoms with Crippen LogP contribution in [-0.4, -0.2) is 33.7 Å². The van der Waals surface area contributed by atoms with Crippen LogP contribution in [0.2, 0.25) is 0 Å². The lowest BCUT2D eigenvalue weighted by Gasteiger charge is -2.06. The van der Waals surface area contributed by atoms with E-state index in [0.717, 1.165) is 0 Å². The van der Waals surface area contributed by atoms with Crippen LogP contribution in [0, 0.1) is 5.21 Å². The Morgan fingerprint density at radius 1 is 1.60 bits per heavy atom. The van der Waals surface area contributed by atoms with Crippen LogP contribution in [0.3, 0.4) is 0 Å². The van der Waals surface area contributed by atoms with Crippen molar-refractivity contribution in [1.29, 1.82) is 0 Å². The molecule has 0 aliphatic heterocycles. The average Bonchev–Trinajstić information content (AvgIpc) is 2.18. The Morgan fingerprint density at radius 3 is 2.80 bits per heavy atom. The van der Waals surface area contributed by atoms with Gasteiger partial charge in [0.1, 0.15) is 6.72 Å². The Morgan fingerprint density at radius 2 is 2.27 bits per heavy atom. The number of benzene rings is 1. The van der Waals surface area contributed by atoms with Gasteiger partial charge in [0.15, 0.2) is 6.10 Å². The van der Waals surface area contributed by atoms with Gasteiger partial charge in [-0.2, -0.15) is 4.74 Å². The summed E-state index contributed by atoms with van der Waals surface area (Å²) in [6, 6.07) is 6.29. The lowest BCUT2D eigenvalue weighted by atomic mass is 10.1. The van der Waals surface area contributed by atoms with E-state index in [-0.39, 0.29) is 6.42 Å². The third kappa shape index (κ3) is 3.07. The molecule has 0 aromatic heterocycles. The van der Waals surface area contributed by atoms with Crippen LogP contribution in [0.4, 0.5) is 5.69 Å². The second-order valence-corrected chi connectivity index (χ2v) is 3.11. The fraction of sp³-hybridized carbons (Fsp3) is 0.200. The van der Waals surface area contributed by atoms with Gasteiger partial charge in [-0.15, -0.1) is 0 Å². The molecule has 1 atom stereocenters. The lowest BCUT2D eigenvalue weighted by molar-refractivity contribution is -0.349. The standard InChI is InChI=1S/C10H11NO4/c1-11(15)8-4-2-3-7(5-8)6-9(12)10(13)14/h2-5,9,12H,1,6H2,(H,13,14). The molecule has 1 aromatic carbocycles. The summed E-state index contributed by atoms with van der Waals surface area (Å²) in [4.78, 5) is 10.4. The fourth-order valence-corrected chi connectivity index (χ4v) is 1.15. The SMILES string of the molecule is C=[N+]([O-])c1cccc(CC(O)C(=O)O)c1.